The maximum Gasteiger partial charge on any atom is 0.339 e. The number of thiophene rings is 1. The Morgan fingerprint density at radius 2 is 2.26 bits per heavy atom. The van der Waals surface area contributed by atoms with Gasteiger partial charge in [-0.05, 0) is 30.7 Å². The second-order valence-electron chi connectivity index (χ2n) is 4.57. The standard InChI is InChI=1S/C15H12ClN3O3S/c1-2-22-14(21)10-7-23-13-11(10)12(18-15(16)19-13)17-8-4-3-5-9(20)6-8/h3-7,20H,2H2,1H3,(H,17,18,19). The molecular formula is C15H12ClN3O3S. The van der Waals surface area contributed by atoms with Crippen molar-refractivity contribution < 1.29 is 14.6 Å². The maximum atomic E-state index is 12.1. The van der Waals surface area contributed by atoms with Crippen molar-refractivity contribution in [1.29, 1.82) is 0 Å². The number of fused-ring (bicyclic) bond motifs is 1. The Balaban J connectivity index is 2.11. The molecule has 0 unspecified atom stereocenters. The molecule has 0 aliphatic carbocycles. The number of rotatable bonds is 4. The van der Waals surface area contributed by atoms with Crippen LogP contribution in [0.4, 0.5) is 11.5 Å². The van der Waals surface area contributed by atoms with Crippen LogP contribution in [0.5, 0.6) is 5.75 Å². The van der Waals surface area contributed by atoms with Crippen molar-refractivity contribution >= 4 is 50.6 Å². The molecular weight excluding hydrogens is 338 g/mol. The van der Waals surface area contributed by atoms with E-state index in [-0.39, 0.29) is 17.6 Å². The molecule has 0 bridgehead atoms. The smallest absolute Gasteiger partial charge is 0.339 e. The molecule has 3 aromatic rings. The second-order valence-corrected chi connectivity index (χ2v) is 5.76. The zero-order chi connectivity index (χ0) is 16.4. The molecule has 0 radical (unpaired) electrons. The van der Waals surface area contributed by atoms with Crippen LogP contribution in [0.25, 0.3) is 10.2 Å². The Bertz CT molecular complexity index is 882. The zero-order valence-corrected chi connectivity index (χ0v) is 13.6. The van der Waals surface area contributed by atoms with Crippen LogP contribution in [0.2, 0.25) is 5.28 Å². The largest absolute Gasteiger partial charge is 0.508 e. The van der Waals surface area contributed by atoms with Crippen molar-refractivity contribution in [2.24, 2.45) is 0 Å². The van der Waals surface area contributed by atoms with Crippen LogP contribution in [0, 0.1) is 0 Å². The van der Waals surface area contributed by atoms with Gasteiger partial charge in [0.25, 0.3) is 0 Å². The van der Waals surface area contributed by atoms with Crippen LogP contribution in [-0.4, -0.2) is 27.7 Å². The highest BCUT2D eigenvalue weighted by atomic mass is 35.5. The third-order valence-electron chi connectivity index (χ3n) is 3.01. The first-order valence-electron chi connectivity index (χ1n) is 6.76. The molecule has 23 heavy (non-hydrogen) atoms. The van der Waals surface area contributed by atoms with E-state index in [1.165, 1.54) is 17.4 Å². The van der Waals surface area contributed by atoms with Crippen molar-refractivity contribution in [2.45, 2.75) is 6.92 Å². The molecule has 0 aliphatic heterocycles. The van der Waals surface area contributed by atoms with E-state index in [0.29, 0.717) is 27.3 Å². The van der Waals surface area contributed by atoms with Crippen molar-refractivity contribution in [3.8, 4) is 5.75 Å². The van der Waals surface area contributed by atoms with Crippen LogP contribution in [0.3, 0.4) is 0 Å². The highest BCUT2D eigenvalue weighted by Crippen LogP contribution is 2.33. The maximum absolute atomic E-state index is 12.1. The lowest BCUT2D eigenvalue weighted by atomic mass is 10.2. The summed E-state index contributed by atoms with van der Waals surface area (Å²) in [5.41, 5.74) is 0.994. The van der Waals surface area contributed by atoms with E-state index < -0.39 is 5.97 Å². The number of phenolic OH excluding ortho intramolecular Hbond substituents is 1. The number of esters is 1. The fourth-order valence-electron chi connectivity index (χ4n) is 2.09. The van der Waals surface area contributed by atoms with Crippen LogP contribution in [0.15, 0.2) is 29.6 Å². The molecule has 0 aliphatic rings. The van der Waals surface area contributed by atoms with Crippen molar-refractivity contribution in [1.82, 2.24) is 9.97 Å². The fourth-order valence-corrected chi connectivity index (χ4v) is 3.21. The lowest BCUT2D eigenvalue weighted by Crippen LogP contribution is -2.05. The Morgan fingerprint density at radius 1 is 1.43 bits per heavy atom. The van der Waals surface area contributed by atoms with Gasteiger partial charge in [-0.3, -0.25) is 0 Å². The zero-order valence-electron chi connectivity index (χ0n) is 12.0. The molecule has 3 rings (SSSR count). The summed E-state index contributed by atoms with van der Waals surface area (Å²) >= 11 is 7.23. The quantitative estimate of drug-likeness (QED) is 0.547. The summed E-state index contributed by atoms with van der Waals surface area (Å²) in [6.07, 6.45) is 0. The number of carbonyl (C=O) groups excluding carboxylic acids is 1. The molecule has 0 amide bonds. The fraction of sp³-hybridized carbons (Fsp3) is 0.133. The Labute approximate surface area is 140 Å². The Hall–Kier alpha value is -2.38. The number of nitrogens with one attached hydrogen (secondary N) is 1. The molecule has 0 spiro atoms. The summed E-state index contributed by atoms with van der Waals surface area (Å²) in [6.45, 7) is 2.02. The highest BCUT2D eigenvalue weighted by molar-refractivity contribution is 7.17. The number of nitrogens with zero attached hydrogens (tertiary/aromatic N) is 2. The molecule has 0 saturated carbocycles. The third kappa shape index (κ3) is 3.20. The van der Waals surface area contributed by atoms with E-state index in [0.717, 1.165) is 0 Å². The van der Waals surface area contributed by atoms with E-state index in [1.54, 1.807) is 30.5 Å². The third-order valence-corrected chi connectivity index (χ3v) is 4.05. The molecule has 0 atom stereocenters. The number of carbonyl (C=O) groups is 1. The number of aromatic nitrogens is 2. The van der Waals surface area contributed by atoms with Crippen LogP contribution in [-0.2, 0) is 4.74 Å². The van der Waals surface area contributed by atoms with Gasteiger partial charge in [0.15, 0.2) is 0 Å². The molecule has 0 saturated heterocycles. The van der Waals surface area contributed by atoms with E-state index in [2.05, 4.69) is 15.3 Å². The van der Waals surface area contributed by atoms with Crippen LogP contribution >= 0.6 is 22.9 Å². The number of halogens is 1. The number of aromatic hydroxyl groups is 1. The molecule has 1 aromatic carbocycles. The van der Waals surface area contributed by atoms with E-state index in [9.17, 15) is 9.90 Å². The molecule has 118 valence electrons. The molecule has 6 nitrogen and oxygen atoms in total. The normalized spacial score (nSPS) is 10.7. The predicted molar refractivity (Wildman–Crippen MR) is 89.8 cm³/mol. The topological polar surface area (TPSA) is 84.3 Å². The van der Waals surface area contributed by atoms with Crippen molar-refractivity contribution in [3.63, 3.8) is 0 Å². The minimum Gasteiger partial charge on any atom is -0.508 e. The summed E-state index contributed by atoms with van der Waals surface area (Å²) in [4.78, 5) is 21.0. The van der Waals surface area contributed by atoms with Gasteiger partial charge in [-0.25, -0.2) is 9.78 Å². The van der Waals surface area contributed by atoms with Gasteiger partial charge < -0.3 is 15.2 Å². The van der Waals surface area contributed by atoms with Crippen molar-refractivity contribution in [2.75, 3.05) is 11.9 Å². The number of ether oxygens (including phenoxy) is 1. The van der Waals surface area contributed by atoms with E-state index >= 15 is 0 Å². The Morgan fingerprint density at radius 3 is 3.00 bits per heavy atom. The predicted octanol–water partition coefficient (Wildman–Crippen LogP) is 3.97. The molecule has 2 aromatic heterocycles. The van der Waals surface area contributed by atoms with Gasteiger partial charge >= 0.3 is 5.97 Å². The molecule has 2 N–H and O–H groups in total. The number of phenols is 1. The summed E-state index contributed by atoms with van der Waals surface area (Å²) in [7, 11) is 0. The lowest BCUT2D eigenvalue weighted by molar-refractivity contribution is 0.0529. The van der Waals surface area contributed by atoms with Crippen LogP contribution < -0.4 is 5.32 Å². The Kier molecular flexibility index (Phi) is 4.31. The number of anilines is 2. The average molecular weight is 350 g/mol. The monoisotopic (exact) mass is 349 g/mol. The van der Waals surface area contributed by atoms with Gasteiger partial charge in [-0.1, -0.05) is 6.07 Å². The lowest BCUT2D eigenvalue weighted by Gasteiger charge is -2.09. The molecule has 0 fully saturated rings. The van der Waals surface area contributed by atoms with E-state index in [1.807, 2.05) is 0 Å². The van der Waals surface area contributed by atoms with E-state index in [4.69, 9.17) is 16.3 Å². The van der Waals surface area contributed by atoms with Gasteiger partial charge in [0.2, 0.25) is 5.28 Å². The van der Waals surface area contributed by atoms with Crippen molar-refractivity contribution in [3.05, 3.63) is 40.5 Å². The minimum absolute atomic E-state index is 0.0670. The van der Waals surface area contributed by atoms with Gasteiger partial charge in [0.05, 0.1) is 17.6 Å². The van der Waals surface area contributed by atoms with Gasteiger partial charge in [-0.2, -0.15) is 4.98 Å². The van der Waals surface area contributed by atoms with Gasteiger partial charge in [0.1, 0.15) is 16.4 Å². The average Bonchev–Trinajstić information content (AvgIpc) is 2.91. The SMILES string of the molecule is CCOC(=O)c1csc2nc(Cl)nc(Nc3cccc(O)c3)c12. The summed E-state index contributed by atoms with van der Waals surface area (Å²) < 4.78 is 5.06. The highest BCUT2D eigenvalue weighted by Gasteiger charge is 2.19. The first-order chi connectivity index (χ1) is 11.1. The summed E-state index contributed by atoms with van der Waals surface area (Å²) in [5, 5.41) is 14.9. The molecule has 8 heteroatoms. The minimum atomic E-state index is -0.441. The number of hydrogen-bond donors (Lipinski definition) is 2. The first kappa shape index (κ1) is 15.5. The first-order valence-corrected chi connectivity index (χ1v) is 8.02. The summed E-state index contributed by atoms with van der Waals surface area (Å²) in [5.74, 6) is 0.0564. The summed E-state index contributed by atoms with van der Waals surface area (Å²) in [6, 6.07) is 6.55. The van der Waals surface area contributed by atoms with Gasteiger partial charge in [-0.15, -0.1) is 11.3 Å². The number of benzene rings is 1. The van der Waals surface area contributed by atoms with Gasteiger partial charge in [0, 0.05) is 17.1 Å². The molecule has 2 heterocycles. The van der Waals surface area contributed by atoms with Crippen LogP contribution in [0.1, 0.15) is 17.3 Å². The number of hydrogen-bond acceptors (Lipinski definition) is 7. The second kappa shape index (κ2) is 6.39.